The Hall–Kier alpha value is -1.26. The average Bonchev–Trinajstić information content (AvgIpc) is 3.21. The highest BCUT2D eigenvalue weighted by Crippen LogP contribution is 2.49. The monoisotopic (exact) mass is 317 g/mol. The molecule has 2 aromatic rings. The van der Waals surface area contributed by atoms with Crippen molar-refractivity contribution >= 4 is 15.9 Å². The van der Waals surface area contributed by atoms with Crippen molar-refractivity contribution in [3.63, 3.8) is 0 Å². The van der Waals surface area contributed by atoms with Crippen LogP contribution in [-0.2, 0) is 5.54 Å². The minimum Gasteiger partial charge on any atom is -0.299 e. The van der Waals surface area contributed by atoms with Crippen LogP contribution in [0.4, 0.5) is 0 Å². The second-order valence-electron chi connectivity index (χ2n) is 5.06. The second kappa shape index (κ2) is 5.02. The maximum atomic E-state index is 4.37. The lowest BCUT2D eigenvalue weighted by atomic mass is 10.0. The van der Waals surface area contributed by atoms with E-state index in [0.29, 0.717) is 0 Å². The summed E-state index contributed by atoms with van der Waals surface area (Å²) in [6.07, 6.45) is 7.61. The summed E-state index contributed by atoms with van der Waals surface area (Å²) in [5.74, 6) is 0. The van der Waals surface area contributed by atoms with Gasteiger partial charge in [-0.1, -0.05) is 34.1 Å². The molecule has 0 saturated heterocycles. The van der Waals surface area contributed by atoms with Crippen LogP contribution in [-0.4, -0.2) is 9.97 Å². The van der Waals surface area contributed by atoms with Gasteiger partial charge in [-0.3, -0.25) is 15.3 Å². The van der Waals surface area contributed by atoms with Crippen molar-refractivity contribution < 1.29 is 0 Å². The smallest absolute Gasteiger partial charge is 0.0753 e. The minimum atomic E-state index is 0.0943. The maximum Gasteiger partial charge on any atom is 0.0753 e. The average molecular weight is 318 g/mol. The standard InChI is InChI=1S/C15H16BrN3/c1-11(14-10-17-8-9-18-14)19-15(6-7-15)12-4-2-3-5-13(12)16/h2-5,8-11,19H,6-7H2,1H3/t11-/m1/s1. The van der Waals surface area contributed by atoms with Crippen LogP contribution in [0.5, 0.6) is 0 Å². The molecule has 0 radical (unpaired) electrons. The van der Waals surface area contributed by atoms with Crippen LogP contribution in [0.3, 0.4) is 0 Å². The van der Waals surface area contributed by atoms with Gasteiger partial charge in [-0.05, 0) is 31.4 Å². The summed E-state index contributed by atoms with van der Waals surface area (Å²) < 4.78 is 1.17. The van der Waals surface area contributed by atoms with Crippen molar-refractivity contribution in [1.82, 2.24) is 15.3 Å². The van der Waals surface area contributed by atoms with Gasteiger partial charge in [0.15, 0.2) is 0 Å². The summed E-state index contributed by atoms with van der Waals surface area (Å²) >= 11 is 3.65. The zero-order valence-corrected chi connectivity index (χ0v) is 12.4. The Kier molecular flexibility index (Phi) is 3.37. The van der Waals surface area contributed by atoms with E-state index in [1.807, 2.05) is 6.20 Å². The van der Waals surface area contributed by atoms with E-state index in [0.717, 1.165) is 5.69 Å². The molecule has 1 atom stereocenters. The van der Waals surface area contributed by atoms with Crippen LogP contribution < -0.4 is 5.32 Å². The number of nitrogens with zero attached hydrogens (tertiary/aromatic N) is 2. The fourth-order valence-electron chi connectivity index (χ4n) is 2.49. The zero-order valence-electron chi connectivity index (χ0n) is 10.8. The molecule has 1 saturated carbocycles. The molecular weight excluding hydrogens is 302 g/mol. The van der Waals surface area contributed by atoms with E-state index in [9.17, 15) is 0 Å². The van der Waals surface area contributed by atoms with E-state index in [-0.39, 0.29) is 11.6 Å². The molecule has 0 amide bonds. The number of hydrogen-bond donors (Lipinski definition) is 1. The summed E-state index contributed by atoms with van der Waals surface area (Å²) in [6.45, 7) is 2.14. The number of aromatic nitrogens is 2. The van der Waals surface area contributed by atoms with Gasteiger partial charge in [-0.25, -0.2) is 0 Å². The van der Waals surface area contributed by atoms with Gasteiger partial charge >= 0.3 is 0 Å². The Morgan fingerprint density at radius 1 is 1.26 bits per heavy atom. The predicted molar refractivity (Wildman–Crippen MR) is 78.6 cm³/mol. The first-order valence-corrected chi connectivity index (χ1v) is 7.29. The third-order valence-electron chi connectivity index (χ3n) is 3.66. The molecule has 0 aliphatic heterocycles. The van der Waals surface area contributed by atoms with Gasteiger partial charge in [-0.15, -0.1) is 0 Å². The molecule has 1 aromatic heterocycles. The minimum absolute atomic E-state index is 0.0943. The Balaban J connectivity index is 1.82. The molecule has 98 valence electrons. The molecule has 3 nitrogen and oxygen atoms in total. The Labute approximate surface area is 121 Å². The molecule has 1 N–H and O–H groups in total. The molecule has 0 spiro atoms. The summed E-state index contributed by atoms with van der Waals surface area (Å²) in [7, 11) is 0. The molecular formula is C15H16BrN3. The van der Waals surface area contributed by atoms with E-state index in [2.05, 4.69) is 62.4 Å². The van der Waals surface area contributed by atoms with E-state index >= 15 is 0 Å². The molecule has 1 fully saturated rings. The number of halogens is 1. The van der Waals surface area contributed by atoms with Crippen molar-refractivity contribution in [3.8, 4) is 0 Å². The first kappa shape index (κ1) is 12.8. The maximum absolute atomic E-state index is 4.37. The van der Waals surface area contributed by atoms with Crippen molar-refractivity contribution in [2.24, 2.45) is 0 Å². The molecule has 0 unspecified atom stereocenters. The molecule has 4 heteroatoms. The van der Waals surface area contributed by atoms with Gasteiger partial charge in [0.2, 0.25) is 0 Å². The highest BCUT2D eigenvalue weighted by atomic mass is 79.9. The highest BCUT2D eigenvalue weighted by Gasteiger charge is 2.46. The van der Waals surface area contributed by atoms with Gasteiger partial charge in [0.25, 0.3) is 0 Å². The van der Waals surface area contributed by atoms with Crippen LogP contribution >= 0.6 is 15.9 Å². The first-order valence-electron chi connectivity index (χ1n) is 6.50. The molecule has 1 aliphatic rings. The number of hydrogen-bond acceptors (Lipinski definition) is 3. The molecule has 1 aromatic carbocycles. The summed E-state index contributed by atoms with van der Waals surface area (Å²) in [4.78, 5) is 8.50. The van der Waals surface area contributed by atoms with Crippen LogP contribution in [0.25, 0.3) is 0 Å². The van der Waals surface area contributed by atoms with Gasteiger partial charge in [0.05, 0.1) is 5.69 Å². The molecule has 19 heavy (non-hydrogen) atoms. The Bertz CT molecular complexity index is 567. The SMILES string of the molecule is C[C@@H](NC1(c2ccccc2Br)CC1)c1cnccn1. The normalized spacial score (nSPS) is 18.0. The predicted octanol–water partition coefficient (Wildman–Crippen LogP) is 3.58. The van der Waals surface area contributed by atoms with Gasteiger partial charge in [-0.2, -0.15) is 0 Å². The van der Waals surface area contributed by atoms with Gasteiger partial charge in [0, 0.05) is 34.6 Å². The Morgan fingerprint density at radius 2 is 2.05 bits per heavy atom. The number of nitrogens with one attached hydrogen (secondary N) is 1. The van der Waals surface area contributed by atoms with Crippen LogP contribution in [0.2, 0.25) is 0 Å². The van der Waals surface area contributed by atoms with Crippen LogP contribution in [0.15, 0.2) is 47.3 Å². The lowest BCUT2D eigenvalue weighted by Gasteiger charge is -2.23. The fraction of sp³-hybridized carbons (Fsp3) is 0.333. The van der Waals surface area contributed by atoms with Crippen molar-refractivity contribution in [3.05, 3.63) is 58.6 Å². The second-order valence-corrected chi connectivity index (χ2v) is 5.91. The molecule has 1 aliphatic carbocycles. The Morgan fingerprint density at radius 3 is 2.68 bits per heavy atom. The van der Waals surface area contributed by atoms with Crippen LogP contribution in [0, 0.1) is 0 Å². The van der Waals surface area contributed by atoms with E-state index in [1.54, 1.807) is 12.4 Å². The first-order chi connectivity index (χ1) is 9.21. The largest absolute Gasteiger partial charge is 0.299 e. The number of rotatable bonds is 4. The third kappa shape index (κ3) is 2.55. The van der Waals surface area contributed by atoms with Gasteiger partial charge < -0.3 is 0 Å². The lowest BCUT2D eigenvalue weighted by molar-refractivity contribution is 0.442. The van der Waals surface area contributed by atoms with E-state index < -0.39 is 0 Å². The molecule has 1 heterocycles. The third-order valence-corrected chi connectivity index (χ3v) is 4.35. The van der Waals surface area contributed by atoms with Gasteiger partial charge in [0.1, 0.15) is 0 Å². The van der Waals surface area contributed by atoms with Crippen LogP contribution in [0.1, 0.15) is 37.1 Å². The lowest BCUT2D eigenvalue weighted by Crippen LogP contribution is -2.32. The fourth-order valence-corrected chi connectivity index (χ4v) is 3.15. The summed E-state index contributed by atoms with van der Waals surface area (Å²) in [5.41, 5.74) is 2.42. The number of benzene rings is 1. The quantitative estimate of drug-likeness (QED) is 0.936. The topological polar surface area (TPSA) is 37.8 Å². The molecule has 3 rings (SSSR count). The summed E-state index contributed by atoms with van der Waals surface area (Å²) in [5, 5.41) is 3.71. The van der Waals surface area contributed by atoms with E-state index in [4.69, 9.17) is 0 Å². The van der Waals surface area contributed by atoms with Crippen molar-refractivity contribution in [1.29, 1.82) is 0 Å². The highest BCUT2D eigenvalue weighted by molar-refractivity contribution is 9.10. The zero-order chi connectivity index (χ0) is 13.3. The summed E-state index contributed by atoms with van der Waals surface area (Å²) in [6, 6.07) is 8.63. The van der Waals surface area contributed by atoms with Crippen molar-refractivity contribution in [2.45, 2.75) is 31.3 Å². The van der Waals surface area contributed by atoms with Crippen molar-refractivity contribution in [2.75, 3.05) is 0 Å². The van der Waals surface area contributed by atoms with E-state index in [1.165, 1.54) is 22.9 Å². The molecule has 0 bridgehead atoms.